The highest BCUT2D eigenvalue weighted by Gasteiger charge is 1.98. The second-order valence-electron chi connectivity index (χ2n) is 5.35. The second kappa shape index (κ2) is 10.1. The minimum atomic E-state index is 0.876. The molecular formula is C17H30N4. The van der Waals surface area contributed by atoms with Crippen molar-refractivity contribution in [3.05, 3.63) is 29.8 Å². The minimum absolute atomic E-state index is 0.876. The molecular weight excluding hydrogens is 260 g/mol. The molecule has 21 heavy (non-hydrogen) atoms. The van der Waals surface area contributed by atoms with Gasteiger partial charge >= 0.3 is 0 Å². The van der Waals surface area contributed by atoms with Crippen LogP contribution in [0.2, 0.25) is 0 Å². The maximum Gasteiger partial charge on any atom is 0.191 e. The van der Waals surface area contributed by atoms with E-state index < -0.39 is 0 Å². The molecule has 1 aromatic rings. The highest BCUT2D eigenvalue weighted by atomic mass is 15.2. The SMILES string of the molecule is CCCN=C(NCC)NCCCc1ccc(N(C)C)cc1. The van der Waals surface area contributed by atoms with Crippen LogP contribution in [-0.4, -0.2) is 39.7 Å². The molecule has 0 spiro atoms. The van der Waals surface area contributed by atoms with Gasteiger partial charge in [-0.1, -0.05) is 19.1 Å². The van der Waals surface area contributed by atoms with Gasteiger partial charge in [0.2, 0.25) is 0 Å². The fraction of sp³-hybridized carbons (Fsp3) is 0.588. The van der Waals surface area contributed by atoms with E-state index in [0.29, 0.717) is 0 Å². The number of benzene rings is 1. The zero-order valence-electron chi connectivity index (χ0n) is 13.9. The number of hydrogen-bond donors (Lipinski definition) is 2. The van der Waals surface area contributed by atoms with Gasteiger partial charge in [0, 0.05) is 39.4 Å². The molecule has 0 aliphatic heterocycles. The Labute approximate surface area is 129 Å². The lowest BCUT2D eigenvalue weighted by Crippen LogP contribution is -2.38. The molecule has 4 nitrogen and oxygen atoms in total. The lowest BCUT2D eigenvalue weighted by molar-refractivity contribution is 0.742. The molecule has 0 amide bonds. The van der Waals surface area contributed by atoms with E-state index in [9.17, 15) is 0 Å². The highest BCUT2D eigenvalue weighted by Crippen LogP contribution is 2.13. The van der Waals surface area contributed by atoms with Gasteiger partial charge in [-0.3, -0.25) is 4.99 Å². The smallest absolute Gasteiger partial charge is 0.191 e. The number of nitrogens with zero attached hydrogens (tertiary/aromatic N) is 2. The maximum atomic E-state index is 4.50. The van der Waals surface area contributed by atoms with Crippen molar-refractivity contribution < 1.29 is 0 Å². The standard InChI is InChI=1S/C17H30N4/c1-5-13-19-17(18-6-2)20-14-7-8-15-9-11-16(12-10-15)21(3)4/h9-12H,5-8,13-14H2,1-4H3,(H2,18,19,20). The summed E-state index contributed by atoms with van der Waals surface area (Å²) in [4.78, 5) is 6.62. The van der Waals surface area contributed by atoms with Crippen LogP contribution in [0.25, 0.3) is 0 Å². The lowest BCUT2D eigenvalue weighted by Gasteiger charge is -2.13. The summed E-state index contributed by atoms with van der Waals surface area (Å²) < 4.78 is 0. The van der Waals surface area contributed by atoms with Crippen molar-refractivity contribution in [2.24, 2.45) is 4.99 Å². The summed E-state index contributed by atoms with van der Waals surface area (Å²) in [5.41, 5.74) is 2.64. The first-order valence-electron chi connectivity index (χ1n) is 7.95. The van der Waals surface area contributed by atoms with Crippen LogP contribution in [0.1, 0.15) is 32.3 Å². The Morgan fingerprint density at radius 2 is 1.81 bits per heavy atom. The first kappa shape index (κ1) is 17.3. The molecule has 0 aliphatic carbocycles. The van der Waals surface area contributed by atoms with Gasteiger partial charge in [0.1, 0.15) is 0 Å². The summed E-state index contributed by atoms with van der Waals surface area (Å²) in [6.07, 6.45) is 3.28. The molecule has 0 aliphatic rings. The fourth-order valence-electron chi connectivity index (χ4n) is 2.03. The third kappa shape index (κ3) is 7.02. The number of aryl methyl sites for hydroxylation is 1. The summed E-state index contributed by atoms with van der Waals surface area (Å²) in [6.45, 7) is 6.97. The van der Waals surface area contributed by atoms with Crippen LogP contribution >= 0.6 is 0 Å². The average molecular weight is 290 g/mol. The zero-order chi connectivity index (χ0) is 15.5. The number of guanidine groups is 1. The van der Waals surface area contributed by atoms with Gasteiger partial charge in [-0.2, -0.15) is 0 Å². The lowest BCUT2D eigenvalue weighted by atomic mass is 10.1. The van der Waals surface area contributed by atoms with Crippen LogP contribution in [0.5, 0.6) is 0 Å². The molecule has 0 atom stereocenters. The molecule has 4 heteroatoms. The first-order chi connectivity index (χ1) is 10.2. The number of hydrogen-bond acceptors (Lipinski definition) is 2. The Morgan fingerprint density at radius 1 is 1.10 bits per heavy atom. The van der Waals surface area contributed by atoms with E-state index >= 15 is 0 Å². The van der Waals surface area contributed by atoms with Gasteiger partial charge in [0.15, 0.2) is 5.96 Å². The van der Waals surface area contributed by atoms with Gasteiger partial charge in [-0.05, 0) is 43.9 Å². The van der Waals surface area contributed by atoms with E-state index in [1.807, 2.05) is 0 Å². The van der Waals surface area contributed by atoms with Crippen molar-refractivity contribution in [2.45, 2.75) is 33.1 Å². The van der Waals surface area contributed by atoms with Crippen LogP contribution in [0, 0.1) is 0 Å². The third-order valence-corrected chi connectivity index (χ3v) is 3.23. The molecule has 2 N–H and O–H groups in total. The summed E-state index contributed by atoms with van der Waals surface area (Å²) in [7, 11) is 4.13. The molecule has 0 fully saturated rings. The fourth-order valence-corrected chi connectivity index (χ4v) is 2.03. The van der Waals surface area contributed by atoms with Crippen molar-refractivity contribution in [1.29, 1.82) is 0 Å². The molecule has 0 radical (unpaired) electrons. The molecule has 0 aromatic heterocycles. The van der Waals surface area contributed by atoms with Crippen LogP contribution in [0.15, 0.2) is 29.3 Å². The van der Waals surface area contributed by atoms with Crippen molar-refractivity contribution in [3.8, 4) is 0 Å². The topological polar surface area (TPSA) is 39.7 Å². The number of nitrogens with one attached hydrogen (secondary N) is 2. The maximum absolute atomic E-state index is 4.50. The largest absolute Gasteiger partial charge is 0.378 e. The predicted octanol–water partition coefficient (Wildman–Crippen LogP) is 2.65. The molecule has 0 bridgehead atoms. The number of anilines is 1. The highest BCUT2D eigenvalue weighted by molar-refractivity contribution is 5.79. The summed E-state index contributed by atoms with van der Waals surface area (Å²) in [5, 5.41) is 6.66. The van der Waals surface area contributed by atoms with Crippen molar-refractivity contribution in [2.75, 3.05) is 38.6 Å². The summed E-state index contributed by atoms with van der Waals surface area (Å²) >= 11 is 0. The second-order valence-corrected chi connectivity index (χ2v) is 5.35. The van der Waals surface area contributed by atoms with Crippen molar-refractivity contribution in [1.82, 2.24) is 10.6 Å². The van der Waals surface area contributed by atoms with Gasteiger partial charge in [-0.15, -0.1) is 0 Å². The normalized spacial score (nSPS) is 11.3. The molecule has 0 saturated carbocycles. The molecule has 1 aromatic carbocycles. The number of rotatable bonds is 8. The van der Waals surface area contributed by atoms with Gasteiger partial charge in [0.25, 0.3) is 0 Å². The van der Waals surface area contributed by atoms with Gasteiger partial charge < -0.3 is 15.5 Å². The van der Waals surface area contributed by atoms with Crippen LogP contribution in [0.4, 0.5) is 5.69 Å². The molecule has 0 unspecified atom stereocenters. The Hall–Kier alpha value is -1.71. The van der Waals surface area contributed by atoms with E-state index in [2.05, 4.69) is 72.7 Å². The van der Waals surface area contributed by atoms with E-state index in [0.717, 1.165) is 44.9 Å². The Bertz CT molecular complexity index is 409. The first-order valence-corrected chi connectivity index (χ1v) is 7.95. The number of aliphatic imine (C=N–C) groups is 1. The van der Waals surface area contributed by atoms with Crippen molar-refractivity contribution in [3.63, 3.8) is 0 Å². The monoisotopic (exact) mass is 290 g/mol. The average Bonchev–Trinajstić information content (AvgIpc) is 2.49. The van der Waals surface area contributed by atoms with Crippen LogP contribution in [-0.2, 0) is 6.42 Å². The van der Waals surface area contributed by atoms with Gasteiger partial charge in [0.05, 0.1) is 0 Å². The van der Waals surface area contributed by atoms with E-state index in [4.69, 9.17) is 0 Å². The molecule has 1 rings (SSSR count). The quantitative estimate of drug-likeness (QED) is 0.439. The van der Waals surface area contributed by atoms with E-state index in [-0.39, 0.29) is 0 Å². The zero-order valence-corrected chi connectivity index (χ0v) is 13.9. The predicted molar refractivity (Wildman–Crippen MR) is 93.4 cm³/mol. The van der Waals surface area contributed by atoms with Crippen molar-refractivity contribution >= 4 is 11.6 Å². The summed E-state index contributed by atoms with van der Waals surface area (Å²) in [5.74, 6) is 0.933. The summed E-state index contributed by atoms with van der Waals surface area (Å²) in [6, 6.07) is 8.78. The Morgan fingerprint density at radius 3 is 2.38 bits per heavy atom. The van der Waals surface area contributed by atoms with Crippen LogP contribution in [0.3, 0.4) is 0 Å². The van der Waals surface area contributed by atoms with E-state index in [1.165, 1.54) is 11.3 Å². The third-order valence-electron chi connectivity index (χ3n) is 3.23. The van der Waals surface area contributed by atoms with Gasteiger partial charge in [-0.25, -0.2) is 0 Å². The molecule has 0 saturated heterocycles. The Balaban J connectivity index is 2.32. The Kier molecular flexibility index (Phi) is 8.32. The molecule has 118 valence electrons. The van der Waals surface area contributed by atoms with E-state index in [1.54, 1.807) is 0 Å². The minimum Gasteiger partial charge on any atom is -0.378 e. The van der Waals surface area contributed by atoms with Crippen LogP contribution < -0.4 is 15.5 Å². The molecule has 0 heterocycles.